The summed E-state index contributed by atoms with van der Waals surface area (Å²) in [5.41, 5.74) is 0.743. The standard InChI is InChI=1S/C17H20F3N3O2/c1-23-6-2-3-11(10-23)9-21-16(24)15-7-12-4-5-13(8-14(12)22-15)25-17(18,19)20/h4-5,7-8,11,22H,2-3,6,9-10H2,1H3,(H,21,24). The molecule has 3 rings (SSSR count). The third-order valence-corrected chi connectivity index (χ3v) is 4.35. The summed E-state index contributed by atoms with van der Waals surface area (Å²) >= 11 is 0. The molecule has 1 aromatic carbocycles. The van der Waals surface area contributed by atoms with Crippen molar-refractivity contribution in [2.24, 2.45) is 5.92 Å². The van der Waals surface area contributed by atoms with Gasteiger partial charge in [-0.2, -0.15) is 0 Å². The molecule has 8 heteroatoms. The van der Waals surface area contributed by atoms with E-state index in [1.165, 1.54) is 18.2 Å². The second-order valence-corrected chi connectivity index (χ2v) is 6.46. The van der Waals surface area contributed by atoms with Gasteiger partial charge >= 0.3 is 6.36 Å². The van der Waals surface area contributed by atoms with Crippen molar-refractivity contribution in [1.82, 2.24) is 15.2 Å². The van der Waals surface area contributed by atoms with E-state index in [1.54, 1.807) is 6.07 Å². The number of alkyl halides is 3. The molecule has 1 fully saturated rings. The highest BCUT2D eigenvalue weighted by molar-refractivity contribution is 5.98. The molecule has 1 aromatic heterocycles. The molecule has 1 unspecified atom stereocenters. The first-order valence-electron chi connectivity index (χ1n) is 8.15. The van der Waals surface area contributed by atoms with Gasteiger partial charge in [-0.3, -0.25) is 4.79 Å². The molecule has 2 heterocycles. The normalized spacial score (nSPS) is 19.1. The van der Waals surface area contributed by atoms with Crippen LogP contribution >= 0.6 is 0 Å². The number of carbonyl (C=O) groups is 1. The van der Waals surface area contributed by atoms with Gasteiger partial charge in [-0.25, -0.2) is 0 Å². The lowest BCUT2D eigenvalue weighted by Crippen LogP contribution is -2.39. The van der Waals surface area contributed by atoms with Gasteiger partial charge in [0, 0.05) is 30.1 Å². The quantitative estimate of drug-likeness (QED) is 0.886. The monoisotopic (exact) mass is 355 g/mol. The van der Waals surface area contributed by atoms with Crippen LogP contribution in [0.15, 0.2) is 24.3 Å². The van der Waals surface area contributed by atoms with Gasteiger partial charge in [-0.1, -0.05) is 0 Å². The number of hydrogen-bond donors (Lipinski definition) is 2. The Morgan fingerprint density at radius 1 is 1.40 bits per heavy atom. The van der Waals surface area contributed by atoms with Crippen molar-refractivity contribution >= 4 is 16.8 Å². The zero-order valence-electron chi connectivity index (χ0n) is 13.8. The average Bonchev–Trinajstić information content (AvgIpc) is 2.94. The second-order valence-electron chi connectivity index (χ2n) is 6.46. The van der Waals surface area contributed by atoms with Crippen LogP contribution in [0, 0.1) is 5.92 Å². The van der Waals surface area contributed by atoms with Crippen molar-refractivity contribution in [1.29, 1.82) is 0 Å². The maximum Gasteiger partial charge on any atom is 0.573 e. The van der Waals surface area contributed by atoms with Gasteiger partial charge in [0.2, 0.25) is 0 Å². The fourth-order valence-corrected chi connectivity index (χ4v) is 3.20. The molecule has 0 radical (unpaired) electrons. The van der Waals surface area contributed by atoms with Crippen LogP contribution in [-0.4, -0.2) is 48.8 Å². The highest BCUT2D eigenvalue weighted by Crippen LogP contribution is 2.26. The molecule has 1 aliphatic rings. The first-order valence-corrected chi connectivity index (χ1v) is 8.15. The number of H-pyrrole nitrogens is 1. The molecule has 1 saturated heterocycles. The van der Waals surface area contributed by atoms with Gasteiger partial charge in [-0.05, 0) is 50.6 Å². The Bertz CT molecular complexity index is 757. The Labute approximate surface area is 143 Å². The van der Waals surface area contributed by atoms with E-state index < -0.39 is 6.36 Å². The molecule has 2 aromatic rings. The minimum atomic E-state index is -4.74. The summed E-state index contributed by atoms with van der Waals surface area (Å²) in [4.78, 5) is 17.4. The summed E-state index contributed by atoms with van der Waals surface area (Å²) in [5.74, 6) is -0.166. The molecular formula is C17H20F3N3O2. The lowest BCUT2D eigenvalue weighted by molar-refractivity contribution is -0.274. The van der Waals surface area contributed by atoms with E-state index in [1.807, 2.05) is 0 Å². The Morgan fingerprint density at radius 2 is 2.20 bits per heavy atom. The third-order valence-electron chi connectivity index (χ3n) is 4.35. The highest BCUT2D eigenvalue weighted by atomic mass is 19.4. The van der Waals surface area contributed by atoms with E-state index in [0.717, 1.165) is 25.9 Å². The second kappa shape index (κ2) is 6.95. The molecule has 1 atom stereocenters. The van der Waals surface area contributed by atoms with Gasteiger partial charge in [-0.15, -0.1) is 13.2 Å². The van der Waals surface area contributed by atoms with Crippen LogP contribution in [0.4, 0.5) is 13.2 Å². The van der Waals surface area contributed by atoms with Crippen LogP contribution in [0.3, 0.4) is 0 Å². The smallest absolute Gasteiger partial charge is 0.406 e. The van der Waals surface area contributed by atoms with E-state index in [0.29, 0.717) is 29.1 Å². The van der Waals surface area contributed by atoms with Crippen LogP contribution in [0.2, 0.25) is 0 Å². The van der Waals surface area contributed by atoms with Crippen molar-refractivity contribution in [2.75, 3.05) is 26.7 Å². The molecular weight excluding hydrogens is 335 g/mol. The fourth-order valence-electron chi connectivity index (χ4n) is 3.20. The first-order chi connectivity index (χ1) is 11.8. The predicted octanol–water partition coefficient (Wildman–Crippen LogP) is 3.14. The molecule has 136 valence electrons. The number of fused-ring (bicyclic) bond motifs is 1. The molecule has 0 aliphatic carbocycles. The number of carbonyl (C=O) groups excluding carboxylic acids is 1. The van der Waals surface area contributed by atoms with Gasteiger partial charge in [0.05, 0.1) is 0 Å². The number of nitrogens with one attached hydrogen (secondary N) is 2. The summed E-state index contributed by atoms with van der Waals surface area (Å²) < 4.78 is 40.7. The zero-order valence-corrected chi connectivity index (χ0v) is 13.8. The minimum absolute atomic E-state index is 0.261. The van der Waals surface area contributed by atoms with Gasteiger partial charge in [0.15, 0.2) is 0 Å². The lowest BCUT2D eigenvalue weighted by atomic mass is 9.98. The SMILES string of the molecule is CN1CCCC(CNC(=O)c2cc3ccc(OC(F)(F)F)cc3[nH]2)C1. The Kier molecular flexibility index (Phi) is 4.89. The third kappa shape index (κ3) is 4.66. The number of aromatic nitrogens is 1. The average molecular weight is 355 g/mol. The number of nitrogens with zero attached hydrogens (tertiary/aromatic N) is 1. The maximum absolute atomic E-state index is 12.3. The number of ether oxygens (including phenoxy) is 1. The Balaban J connectivity index is 1.65. The van der Waals surface area contributed by atoms with Crippen LogP contribution in [0.25, 0.3) is 10.9 Å². The van der Waals surface area contributed by atoms with Crippen LogP contribution in [0.1, 0.15) is 23.3 Å². The van der Waals surface area contributed by atoms with E-state index in [4.69, 9.17) is 0 Å². The molecule has 2 N–H and O–H groups in total. The molecule has 25 heavy (non-hydrogen) atoms. The van der Waals surface area contributed by atoms with Crippen molar-refractivity contribution in [3.63, 3.8) is 0 Å². The molecule has 0 saturated carbocycles. The van der Waals surface area contributed by atoms with Crippen molar-refractivity contribution in [3.8, 4) is 5.75 Å². The number of piperidine rings is 1. The number of aromatic amines is 1. The Hall–Kier alpha value is -2.22. The highest BCUT2D eigenvalue weighted by Gasteiger charge is 2.31. The van der Waals surface area contributed by atoms with Gasteiger partial charge in [0.25, 0.3) is 5.91 Å². The van der Waals surface area contributed by atoms with E-state index >= 15 is 0 Å². The van der Waals surface area contributed by atoms with Crippen LogP contribution < -0.4 is 10.1 Å². The predicted molar refractivity (Wildman–Crippen MR) is 87.5 cm³/mol. The summed E-state index contributed by atoms with van der Waals surface area (Å²) in [7, 11) is 2.06. The van der Waals surface area contributed by atoms with Crippen LogP contribution in [0.5, 0.6) is 5.75 Å². The molecule has 0 spiro atoms. The van der Waals surface area contributed by atoms with Gasteiger partial charge in [0.1, 0.15) is 11.4 Å². The maximum atomic E-state index is 12.3. The first kappa shape index (κ1) is 17.6. The van der Waals surface area contributed by atoms with E-state index in [9.17, 15) is 18.0 Å². The number of hydrogen-bond acceptors (Lipinski definition) is 3. The summed E-state index contributed by atoms with van der Waals surface area (Å²) in [6, 6.07) is 5.56. The summed E-state index contributed by atoms with van der Waals surface area (Å²) in [6.45, 7) is 2.61. The molecule has 1 aliphatic heterocycles. The summed E-state index contributed by atoms with van der Waals surface area (Å²) in [6.07, 6.45) is -2.55. The van der Waals surface area contributed by atoms with E-state index in [2.05, 4.69) is 27.0 Å². The Morgan fingerprint density at radius 3 is 2.92 bits per heavy atom. The minimum Gasteiger partial charge on any atom is -0.406 e. The molecule has 1 amide bonds. The number of amides is 1. The van der Waals surface area contributed by atoms with Crippen LogP contribution in [-0.2, 0) is 0 Å². The lowest BCUT2D eigenvalue weighted by Gasteiger charge is -2.29. The van der Waals surface area contributed by atoms with Crippen molar-refractivity contribution < 1.29 is 22.7 Å². The molecule has 0 bridgehead atoms. The number of rotatable bonds is 4. The topological polar surface area (TPSA) is 57.4 Å². The number of halogens is 3. The number of benzene rings is 1. The van der Waals surface area contributed by atoms with E-state index in [-0.39, 0.29) is 11.7 Å². The molecule has 5 nitrogen and oxygen atoms in total. The zero-order chi connectivity index (χ0) is 18.0. The fraction of sp³-hybridized carbons (Fsp3) is 0.471. The van der Waals surface area contributed by atoms with Crippen molar-refractivity contribution in [3.05, 3.63) is 30.0 Å². The number of likely N-dealkylation sites (tertiary alicyclic amines) is 1. The summed E-state index contributed by atoms with van der Waals surface area (Å²) in [5, 5.41) is 3.55. The van der Waals surface area contributed by atoms with Crippen molar-refractivity contribution in [2.45, 2.75) is 19.2 Å². The largest absolute Gasteiger partial charge is 0.573 e. The van der Waals surface area contributed by atoms with Gasteiger partial charge < -0.3 is 19.9 Å².